The molecule has 5 nitrogen and oxygen atoms in total. The molecule has 1 aliphatic heterocycles. The summed E-state index contributed by atoms with van der Waals surface area (Å²) >= 11 is 0. The Morgan fingerprint density at radius 2 is 2.17 bits per heavy atom. The first-order chi connectivity index (χ1) is 11.7. The van der Waals surface area contributed by atoms with Crippen molar-refractivity contribution in [1.82, 2.24) is 4.90 Å². The monoisotopic (exact) mass is 332 g/mol. The van der Waals surface area contributed by atoms with Gasteiger partial charge in [-0.15, -0.1) is 0 Å². The molecule has 0 spiro atoms. The van der Waals surface area contributed by atoms with Crippen LogP contribution in [0.25, 0.3) is 0 Å². The predicted octanol–water partition coefficient (Wildman–Crippen LogP) is 3.21. The minimum Gasteiger partial charge on any atom is -0.380 e. The number of anilines is 1. The molecule has 0 bridgehead atoms. The van der Waals surface area contributed by atoms with E-state index in [1.54, 1.807) is 7.11 Å². The minimum absolute atomic E-state index is 0.477. The Bertz CT molecular complexity index is 518. The zero-order valence-electron chi connectivity index (χ0n) is 15.1. The van der Waals surface area contributed by atoms with E-state index in [2.05, 4.69) is 22.1 Å². The fourth-order valence-corrected chi connectivity index (χ4v) is 3.22. The van der Waals surface area contributed by atoms with Crippen LogP contribution < -0.4 is 11.1 Å². The number of ether oxygens (including phenoxy) is 1. The number of para-hydroxylation sites is 1. The number of nitrogens with two attached hydrogens (primary N) is 1. The second-order valence-corrected chi connectivity index (χ2v) is 6.57. The van der Waals surface area contributed by atoms with Crippen molar-refractivity contribution in [3.63, 3.8) is 0 Å². The van der Waals surface area contributed by atoms with Gasteiger partial charge in [0.15, 0.2) is 5.96 Å². The van der Waals surface area contributed by atoms with Crippen LogP contribution >= 0.6 is 0 Å². The number of nitrogens with one attached hydrogen (secondary N) is 1. The predicted molar refractivity (Wildman–Crippen MR) is 101 cm³/mol. The molecule has 3 N–H and O–H groups in total. The van der Waals surface area contributed by atoms with E-state index < -0.39 is 0 Å². The number of aliphatic imine (C=N–C) groups is 1. The molecule has 1 aromatic rings. The SMILES string of the molecule is COCc1ccccc1NC(N)=NCCCCN1CCCCC1C. The third-order valence-corrected chi connectivity index (χ3v) is 4.66. The lowest BCUT2D eigenvalue weighted by atomic mass is 10.0. The van der Waals surface area contributed by atoms with E-state index in [9.17, 15) is 0 Å². The third kappa shape index (κ3) is 6.13. The summed E-state index contributed by atoms with van der Waals surface area (Å²) < 4.78 is 5.20. The number of nitrogens with zero attached hydrogens (tertiary/aromatic N) is 2. The molecular weight excluding hydrogens is 300 g/mol. The third-order valence-electron chi connectivity index (χ3n) is 4.66. The Hall–Kier alpha value is -1.59. The maximum absolute atomic E-state index is 6.01. The average molecular weight is 332 g/mol. The van der Waals surface area contributed by atoms with Gasteiger partial charge in [0.1, 0.15) is 0 Å². The molecule has 0 aromatic heterocycles. The van der Waals surface area contributed by atoms with Gasteiger partial charge in [-0.3, -0.25) is 4.99 Å². The standard InChI is InChI=1S/C19H32N4O/c1-16-9-5-7-13-23(16)14-8-6-12-21-19(20)22-18-11-4-3-10-17(18)15-24-2/h3-4,10-11,16H,5-9,12-15H2,1-2H3,(H3,20,21,22). The number of piperidine rings is 1. The number of unbranched alkanes of at least 4 members (excludes halogenated alkanes) is 1. The smallest absolute Gasteiger partial charge is 0.193 e. The number of hydrogen-bond acceptors (Lipinski definition) is 3. The van der Waals surface area contributed by atoms with Crippen molar-refractivity contribution in [3.05, 3.63) is 29.8 Å². The first kappa shape index (κ1) is 18.7. The van der Waals surface area contributed by atoms with Gasteiger partial charge < -0.3 is 20.7 Å². The van der Waals surface area contributed by atoms with Gasteiger partial charge in [-0.2, -0.15) is 0 Å². The van der Waals surface area contributed by atoms with Gasteiger partial charge >= 0.3 is 0 Å². The molecule has 0 amide bonds. The Morgan fingerprint density at radius 3 is 2.96 bits per heavy atom. The fourth-order valence-electron chi connectivity index (χ4n) is 3.22. The highest BCUT2D eigenvalue weighted by molar-refractivity contribution is 5.92. The van der Waals surface area contributed by atoms with Crippen LogP contribution in [0.2, 0.25) is 0 Å². The second-order valence-electron chi connectivity index (χ2n) is 6.57. The number of likely N-dealkylation sites (tertiary alicyclic amines) is 1. The van der Waals surface area contributed by atoms with Crippen LogP contribution in [0.3, 0.4) is 0 Å². The van der Waals surface area contributed by atoms with Crippen LogP contribution in [0.15, 0.2) is 29.3 Å². The summed E-state index contributed by atoms with van der Waals surface area (Å²) in [6.07, 6.45) is 6.33. The lowest BCUT2D eigenvalue weighted by Crippen LogP contribution is -2.38. The number of guanidine groups is 1. The van der Waals surface area contributed by atoms with Gasteiger partial charge in [0.25, 0.3) is 0 Å². The molecule has 0 saturated carbocycles. The lowest BCUT2D eigenvalue weighted by Gasteiger charge is -2.33. The number of rotatable bonds is 8. The minimum atomic E-state index is 0.477. The molecular formula is C19H32N4O. The molecule has 24 heavy (non-hydrogen) atoms. The average Bonchev–Trinajstić information content (AvgIpc) is 2.58. The van der Waals surface area contributed by atoms with Gasteiger partial charge in [0.05, 0.1) is 6.61 Å². The zero-order chi connectivity index (χ0) is 17.2. The number of methoxy groups -OCH3 is 1. The van der Waals surface area contributed by atoms with Crippen molar-refractivity contribution in [2.75, 3.05) is 32.1 Å². The van der Waals surface area contributed by atoms with Crippen molar-refractivity contribution in [2.45, 2.75) is 51.7 Å². The van der Waals surface area contributed by atoms with E-state index in [-0.39, 0.29) is 0 Å². The number of benzene rings is 1. The van der Waals surface area contributed by atoms with Crippen molar-refractivity contribution in [2.24, 2.45) is 10.7 Å². The van der Waals surface area contributed by atoms with Crippen molar-refractivity contribution < 1.29 is 4.74 Å². The van der Waals surface area contributed by atoms with E-state index in [1.165, 1.54) is 38.8 Å². The normalized spacial score (nSPS) is 19.4. The van der Waals surface area contributed by atoms with E-state index in [0.29, 0.717) is 12.6 Å². The van der Waals surface area contributed by atoms with E-state index in [0.717, 1.165) is 30.3 Å². The second kappa shape index (κ2) is 10.3. The van der Waals surface area contributed by atoms with Crippen LogP contribution in [-0.4, -0.2) is 43.6 Å². The molecule has 1 saturated heterocycles. The van der Waals surface area contributed by atoms with E-state index >= 15 is 0 Å². The molecule has 134 valence electrons. The molecule has 0 aliphatic carbocycles. The summed E-state index contributed by atoms with van der Waals surface area (Å²) in [7, 11) is 1.69. The maximum atomic E-state index is 6.01. The maximum Gasteiger partial charge on any atom is 0.193 e. The van der Waals surface area contributed by atoms with Crippen LogP contribution in [0.5, 0.6) is 0 Å². The Balaban J connectivity index is 1.70. The summed E-state index contributed by atoms with van der Waals surface area (Å²) in [4.78, 5) is 7.05. The topological polar surface area (TPSA) is 62.9 Å². The summed E-state index contributed by atoms with van der Waals surface area (Å²) in [5, 5.41) is 3.18. The van der Waals surface area contributed by atoms with Crippen molar-refractivity contribution in [3.8, 4) is 0 Å². The van der Waals surface area contributed by atoms with Gasteiger partial charge in [-0.25, -0.2) is 0 Å². The van der Waals surface area contributed by atoms with Crippen LogP contribution in [0.4, 0.5) is 5.69 Å². The molecule has 1 unspecified atom stereocenters. The van der Waals surface area contributed by atoms with E-state index in [1.807, 2.05) is 24.3 Å². The summed E-state index contributed by atoms with van der Waals surface area (Å²) in [5.74, 6) is 0.477. The largest absolute Gasteiger partial charge is 0.380 e. The highest BCUT2D eigenvalue weighted by atomic mass is 16.5. The molecule has 1 aliphatic rings. The van der Waals surface area contributed by atoms with Crippen molar-refractivity contribution in [1.29, 1.82) is 0 Å². The Kier molecular flexibility index (Phi) is 8.05. The molecule has 1 fully saturated rings. The molecule has 1 atom stereocenters. The van der Waals surface area contributed by atoms with Gasteiger partial charge in [-0.1, -0.05) is 24.6 Å². The van der Waals surface area contributed by atoms with Gasteiger partial charge in [-0.05, 0) is 51.8 Å². The number of hydrogen-bond donors (Lipinski definition) is 2. The van der Waals surface area contributed by atoms with Crippen LogP contribution in [0, 0.1) is 0 Å². The lowest BCUT2D eigenvalue weighted by molar-refractivity contribution is 0.158. The highest BCUT2D eigenvalue weighted by Gasteiger charge is 2.16. The zero-order valence-corrected chi connectivity index (χ0v) is 15.1. The first-order valence-electron chi connectivity index (χ1n) is 9.08. The molecule has 1 heterocycles. The van der Waals surface area contributed by atoms with Gasteiger partial charge in [0.2, 0.25) is 0 Å². The van der Waals surface area contributed by atoms with Crippen molar-refractivity contribution >= 4 is 11.6 Å². The molecule has 2 rings (SSSR count). The summed E-state index contributed by atoms with van der Waals surface area (Å²) in [6, 6.07) is 8.74. The molecule has 1 aromatic carbocycles. The molecule has 0 radical (unpaired) electrons. The van der Waals surface area contributed by atoms with E-state index in [4.69, 9.17) is 10.5 Å². The Morgan fingerprint density at radius 1 is 1.33 bits per heavy atom. The fraction of sp³-hybridized carbons (Fsp3) is 0.632. The van der Waals surface area contributed by atoms with Crippen LogP contribution in [0.1, 0.15) is 44.6 Å². The quantitative estimate of drug-likeness (QED) is 0.436. The first-order valence-corrected chi connectivity index (χ1v) is 9.08. The summed E-state index contributed by atoms with van der Waals surface area (Å²) in [6.45, 7) is 6.11. The van der Waals surface area contributed by atoms with Gasteiger partial charge in [0, 0.05) is 30.9 Å². The summed E-state index contributed by atoms with van der Waals surface area (Å²) in [5.41, 5.74) is 8.05. The Labute approximate surface area is 146 Å². The van der Waals surface area contributed by atoms with Crippen LogP contribution in [-0.2, 0) is 11.3 Å². The highest BCUT2D eigenvalue weighted by Crippen LogP contribution is 2.17. The molecule has 5 heteroatoms.